The highest BCUT2D eigenvalue weighted by Crippen LogP contribution is 2.29. The van der Waals surface area contributed by atoms with Crippen molar-refractivity contribution in [3.05, 3.63) is 59.4 Å². The minimum Gasteiger partial charge on any atom is -0.349 e. The summed E-state index contributed by atoms with van der Waals surface area (Å²) in [6.45, 7) is 0. The van der Waals surface area contributed by atoms with Gasteiger partial charge in [0.25, 0.3) is 11.8 Å². The number of hydrogen-bond acceptors (Lipinski definition) is 3. The van der Waals surface area contributed by atoms with E-state index in [-0.39, 0.29) is 28.8 Å². The molecule has 2 aromatic rings. The van der Waals surface area contributed by atoms with Crippen LogP contribution in [0.4, 0.5) is 18.9 Å². The zero-order chi connectivity index (χ0) is 20.1. The van der Waals surface area contributed by atoms with Crippen molar-refractivity contribution in [1.29, 1.82) is 0 Å². The third-order valence-electron chi connectivity index (χ3n) is 4.67. The summed E-state index contributed by atoms with van der Waals surface area (Å²) in [6, 6.07) is 5.68. The van der Waals surface area contributed by atoms with Crippen molar-refractivity contribution in [3.63, 3.8) is 0 Å². The lowest BCUT2D eigenvalue weighted by Crippen LogP contribution is -2.36. The third-order valence-corrected chi connectivity index (χ3v) is 4.67. The summed E-state index contributed by atoms with van der Waals surface area (Å²) in [7, 11) is 0. The Balaban J connectivity index is 1.65. The Morgan fingerprint density at radius 3 is 2.14 bits per heavy atom. The van der Waals surface area contributed by atoms with E-state index in [0.29, 0.717) is 0 Å². The van der Waals surface area contributed by atoms with Crippen LogP contribution < -0.4 is 10.6 Å². The van der Waals surface area contributed by atoms with Crippen molar-refractivity contribution >= 4 is 17.5 Å². The summed E-state index contributed by atoms with van der Waals surface area (Å²) in [6.07, 6.45) is 3.46. The molecular formula is C20H20F3N3O2. The van der Waals surface area contributed by atoms with E-state index in [1.54, 1.807) is 0 Å². The van der Waals surface area contributed by atoms with Gasteiger partial charge in [0.05, 0.1) is 16.7 Å². The maximum absolute atomic E-state index is 12.6. The summed E-state index contributed by atoms with van der Waals surface area (Å²) in [5, 5.41) is 5.46. The zero-order valence-electron chi connectivity index (χ0n) is 15.1. The van der Waals surface area contributed by atoms with Crippen molar-refractivity contribution in [2.45, 2.75) is 44.3 Å². The van der Waals surface area contributed by atoms with Crippen molar-refractivity contribution < 1.29 is 22.8 Å². The van der Waals surface area contributed by atoms with Crippen LogP contribution in [0.2, 0.25) is 0 Å². The van der Waals surface area contributed by atoms with Crippen LogP contribution in [0.3, 0.4) is 0 Å². The van der Waals surface area contributed by atoms with Crippen LogP contribution in [-0.2, 0) is 6.18 Å². The number of benzene rings is 1. The van der Waals surface area contributed by atoms with E-state index in [1.807, 2.05) is 0 Å². The lowest BCUT2D eigenvalue weighted by atomic mass is 9.95. The molecular weight excluding hydrogens is 371 g/mol. The molecule has 0 bridgehead atoms. The molecule has 0 saturated heterocycles. The Morgan fingerprint density at radius 1 is 0.929 bits per heavy atom. The molecule has 3 rings (SSSR count). The van der Waals surface area contributed by atoms with Gasteiger partial charge in [-0.2, -0.15) is 13.2 Å². The fourth-order valence-electron chi connectivity index (χ4n) is 3.15. The molecule has 1 fully saturated rings. The number of hydrogen-bond donors (Lipinski definition) is 2. The summed E-state index contributed by atoms with van der Waals surface area (Å²) < 4.78 is 37.8. The van der Waals surface area contributed by atoms with Crippen LogP contribution in [-0.4, -0.2) is 22.8 Å². The van der Waals surface area contributed by atoms with Gasteiger partial charge in [-0.05, 0) is 43.2 Å². The third kappa shape index (κ3) is 5.09. The van der Waals surface area contributed by atoms with Gasteiger partial charge >= 0.3 is 6.18 Å². The van der Waals surface area contributed by atoms with Crippen LogP contribution >= 0.6 is 0 Å². The van der Waals surface area contributed by atoms with E-state index in [1.165, 1.54) is 37.0 Å². The number of carbonyl (C=O) groups is 2. The summed E-state index contributed by atoms with van der Waals surface area (Å²) in [4.78, 5) is 28.7. The molecule has 1 aromatic heterocycles. The lowest BCUT2D eigenvalue weighted by Gasteiger charge is -2.22. The number of anilines is 1. The molecule has 1 heterocycles. The maximum Gasteiger partial charge on any atom is 0.416 e. The molecule has 0 unspecified atom stereocenters. The predicted octanol–water partition coefficient (Wildman–Crippen LogP) is 4.42. The molecule has 0 aliphatic heterocycles. The fourth-order valence-corrected chi connectivity index (χ4v) is 3.15. The Bertz CT molecular complexity index is 845. The second-order valence-electron chi connectivity index (χ2n) is 6.80. The molecule has 0 radical (unpaired) electrons. The van der Waals surface area contributed by atoms with Gasteiger partial charge < -0.3 is 10.6 Å². The first kappa shape index (κ1) is 19.9. The second kappa shape index (κ2) is 8.41. The first-order valence-electron chi connectivity index (χ1n) is 9.07. The van der Waals surface area contributed by atoms with Crippen molar-refractivity contribution in [3.8, 4) is 0 Å². The molecule has 2 amide bonds. The number of rotatable bonds is 4. The minimum absolute atomic E-state index is 0.130. The van der Waals surface area contributed by atoms with E-state index in [0.717, 1.165) is 37.8 Å². The highest BCUT2D eigenvalue weighted by molar-refractivity contribution is 6.05. The Morgan fingerprint density at radius 2 is 1.54 bits per heavy atom. The first-order valence-corrected chi connectivity index (χ1v) is 9.07. The highest BCUT2D eigenvalue weighted by Gasteiger charge is 2.30. The van der Waals surface area contributed by atoms with Gasteiger partial charge in [-0.1, -0.05) is 19.3 Å². The molecule has 1 saturated carbocycles. The predicted molar refractivity (Wildman–Crippen MR) is 98.0 cm³/mol. The van der Waals surface area contributed by atoms with Crippen molar-refractivity contribution in [2.75, 3.05) is 5.32 Å². The molecule has 0 atom stereocenters. The van der Waals surface area contributed by atoms with Crippen LogP contribution in [0.15, 0.2) is 42.7 Å². The number of carbonyl (C=O) groups excluding carboxylic acids is 2. The molecule has 0 spiro atoms. The standard InChI is InChI=1S/C20H20F3N3O2/c21-20(22,23)15-6-8-17(9-7-15)26-19(28)14-10-13(11-24-12-14)18(27)25-16-4-2-1-3-5-16/h6-12,16H,1-5H2,(H,25,27)(H,26,28). The van der Waals surface area contributed by atoms with Crippen LogP contribution in [0, 0.1) is 0 Å². The number of alkyl halides is 3. The van der Waals surface area contributed by atoms with Gasteiger partial charge in [0, 0.05) is 24.1 Å². The maximum atomic E-state index is 12.6. The normalized spacial score (nSPS) is 15.1. The smallest absolute Gasteiger partial charge is 0.349 e. The molecule has 28 heavy (non-hydrogen) atoms. The number of halogens is 3. The van der Waals surface area contributed by atoms with E-state index in [2.05, 4.69) is 15.6 Å². The fraction of sp³-hybridized carbons (Fsp3) is 0.350. The van der Waals surface area contributed by atoms with Crippen molar-refractivity contribution in [1.82, 2.24) is 10.3 Å². The minimum atomic E-state index is -4.44. The molecule has 1 aliphatic carbocycles. The molecule has 2 N–H and O–H groups in total. The highest BCUT2D eigenvalue weighted by atomic mass is 19.4. The van der Waals surface area contributed by atoms with Crippen molar-refractivity contribution in [2.24, 2.45) is 0 Å². The Hall–Kier alpha value is -2.90. The van der Waals surface area contributed by atoms with Gasteiger partial charge in [0.2, 0.25) is 0 Å². The summed E-state index contributed by atoms with van der Waals surface area (Å²) in [5.74, 6) is -0.844. The zero-order valence-corrected chi connectivity index (χ0v) is 15.1. The van der Waals surface area contributed by atoms with Gasteiger partial charge in [-0.3, -0.25) is 14.6 Å². The SMILES string of the molecule is O=C(Nc1ccc(C(F)(F)F)cc1)c1cncc(C(=O)NC2CCCCC2)c1. The van der Waals surface area contributed by atoms with Gasteiger partial charge in [0.15, 0.2) is 0 Å². The average Bonchev–Trinajstić information content (AvgIpc) is 2.68. The Kier molecular flexibility index (Phi) is 5.96. The molecule has 1 aliphatic rings. The molecule has 8 heteroatoms. The van der Waals surface area contributed by atoms with E-state index < -0.39 is 17.6 Å². The van der Waals surface area contributed by atoms with Gasteiger partial charge in [-0.15, -0.1) is 0 Å². The van der Waals surface area contributed by atoms with E-state index in [4.69, 9.17) is 0 Å². The largest absolute Gasteiger partial charge is 0.416 e. The summed E-state index contributed by atoms with van der Waals surface area (Å²) >= 11 is 0. The monoisotopic (exact) mass is 391 g/mol. The quantitative estimate of drug-likeness (QED) is 0.811. The number of nitrogens with one attached hydrogen (secondary N) is 2. The topological polar surface area (TPSA) is 71.1 Å². The van der Waals surface area contributed by atoms with Crippen LogP contribution in [0.25, 0.3) is 0 Å². The lowest BCUT2D eigenvalue weighted by molar-refractivity contribution is -0.137. The van der Waals surface area contributed by atoms with Gasteiger partial charge in [-0.25, -0.2) is 0 Å². The molecule has 148 valence electrons. The summed E-state index contributed by atoms with van der Waals surface area (Å²) in [5.41, 5.74) is -0.162. The molecule has 5 nitrogen and oxygen atoms in total. The van der Waals surface area contributed by atoms with Crippen LogP contribution in [0.5, 0.6) is 0 Å². The molecule has 1 aromatic carbocycles. The van der Waals surface area contributed by atoms with E-state index in [9.17, 15) is 22.8 Å². The number of nitrogens with zero attached hydrogens (tertiary/aromatic N) is 1. The second-order valence-corrected chi connectivity index (χ2v) is 6.80. The number of aromatic nitrogens is 1. The first-order chi connectivity index (χ1) is 13.3. The van der Waals surface area contributed by atoms with Gasteiger partial charge in [0.1, 0.15) is 0 Å². The number of pyridine rings is 1. The Labute approximate surface area is 160 Å². The van der Waals surface area contributed by atoms with Crippen LogP contribution in [0.1, 0.15) is 58.4 Å². The number of amides is 2. The van der Waals surface area contributed by atoms with E-state index >= 15 is 0 Å². The average molecular weight is 391 g/mol.